The Morgan fingerprint density at radius 2 is 2.10 bits per heavy atom. The fourth-order valence-corrected chi connectivity index (χ4v) is 6.23. The zero-order chi connectivity index (χ0) is 14.7. The maximum absolute atomic E-state index is 14.2. The second kappa shape index (κ2) is 4.04. The van der Waals surface area contributed by atoms with Crippen LogP contribution in [0, 0.1) is 5.82 Å². The predicted octanol–water partition coefficient (Wildman–Crippen LogP) is 2.04. The van der Waals surface area contributed by atoms with E-state index in [0.717, 1.165) is 0 Å². The van der Waals surface area contributed by atoms with Crippen LogP contribution in [0.2, 0.25) is 0 Å². The van der Waals surface area contributed by atoms with E-state index >= 15 is 0 Å². The highest BCUT2D eigenvalue weighted by Gasteiger charge is 2.56. The molecular weight excluding hydrogens is 279 g/mol. The average molecular weight is 296 g/mol. The van der Waals surface area contributed by atoms with E-state index in [1.807, 2.05) is 0 Å². The number of sulfone groups is 1. The van der Waals surface area contributed by atoms with Gasteiger partial charge in [0, 0.05) is 17.0 Å². The highest BCUT2D eigenvalue weighted by molar-refractivity contribution is 7.93. The highest BCUT2D eigenvalue weighted by atomic mass is 32.2. The van der Waals surface area contributed by atoms with E-state index in [-0.39, 0.29) is 5.56 Å². The van der Waals surface area contributed by atoms with Gasteiger partial charge in [0.05, 0.1) is 10.5 Å². The van der Waals surface area contributed by atoms with Gasteiger partial charge < -0.3 is 5.73 Å². The number of benzene rings is 1. The van der Waals surface area contributed by atoms with Crippen molar-refractivity contribution in [1.82, 2.24) is 0 Å². The van der Waals surface area contributed by atoms with Crippen molar-refractivity contribution in [3.05, 3.63) is 29.6 Å². The van der Waals surface area contributed by atoms with Crippen molar-refractivity contribution in [1.29, 1.82) is 0 Å². The van der Waals surface area contributed by atoms with Crippen LogP contribution in [0.5, 0.6) is 0 Å². The number of nitrogens with zero attached hydrogens (tertiary/aromatic N) is 1. The molecule has 2 aliphatic heterocycles. The molecular formula is C14H17FN2O2S. The van der Waals surface area contributed by atoms with Gasteiger partial charge in [-0.3, -0.25) is 4.99 Å². The molecule has 2 aliphatic rings. The van der Waals surface area contributed by atoms with E-state index in [2.05, 4.69) is 4.99 Å². The minimum Gasteiger partial charge on any atom is -0.399 e. The van der Waals surface area contributed by atoms with Gasteiger partial charge in [-0.25, -0.2) is 12.8 Å². The third-order valence-electron chi connectivity index (χ3n) is 4.52. The number of fused-ring (bicyclic) bond motifs is 2. The second-order valence-corrected chi connectivity index (χ2v) is 8.10. The first kappa shape index (κ1) is 13.5. The lowest BCUT2D eigenvalue weighted by Gasteiger charge is -2.36. The summed E-state index contributed by atoms with van der Waals surface area (Å²) in [5.74, 6) is -0.459. The number of nitrogen functional groups attached to an aromatic ring is 1. The molecule has 0 aliphatic carbocycles. The summed E-state index contributed by atoms with van der Waals surface area (Å²) in [4.78, 5) is 4.55. The number of hydrogen-bond donors (Lipinski definition) is 1. The van der Waals surface area contributed by atoms with E-state index < -0.39 is 31.7 Å². The second-order valence-electron chi connectivity index (χ2n) is 5.78. The molecule has 0 saturated carbocycles. The van der Waals surface area contributed by atoms with Gasteiger partial charge in [0.15, 0.2) is 9.84 Å². The minimum absolute atomic E-state index is 0.269. The summed E-state index contributed by atoms with van der Waals surface area (Å²) in [5, 5.41) is -1.16. The molecule has 1 saturated heterocycles. The zero-order valence-electron chi connectivity index (χ0n) is 11.4. The van der Waals surface area contributed by atoms with Crippen molar-refractivity contribution < 1.29 is 12.8 Å². The molecule has 2 heterocycles. The highest BCUT2D eigenvalue weighted by Crippen LogP contribution is 2.47. The first-order valence-electron chi connectivity index (χ1n) is 6.61. The van der Waals surface area contributed by atoms with Crippen LogP contribution in [0.25, 0.3) is 0 Å². The monoisotopic (exact) mass is 296 g/mol. The van der Waals surface area contributed by atoms with Crippen LogP contribution < -0.4 is 5.73 Å². The molecule has 2 unspecified atom stereocenters. The van der Waals surface area contributed by atoms with Crippen LogP contribution >= 0.6 is 0 Å². The maximum atomic E-state index is 14.2. The van der Waals surface area contributed by atoms with Gasteiger partial charge in [0.1, 0.15) is 11.4 Å². The van der Waals surface area contributed by atoms with Gasteiger partial charge in [0.25, 0.3) is 0 Å². The molecule has 3 atom stereocenters. The number of anilines is 1. The van der Waals surface area contributed by atoms with Gasteiger partial charge in [-0.05, 0) is 44.9 Å². The van der Waals surface area contributed by atoms with Crippen molar-refractivity contribution in [3.8, 4) is 0 Å². The first-order valence-corrected chi connectivity index (χ1v) is 8.22. The minimum atomic E-state index is -3.30. The van der Waals surface area contributed by atoms with Gasteiger partial charge >= 0.3 is 0 Å². The summed E-state index contributed by atoms with van der Waals surface area (Å²) in [6, 6.07) is 4.24. The summed E-state index contributed by atoms with van der Waals surface area (Å²) in [7, 11) is -3.30. The lowest BCUT2D eigenvalue weighted by Crippen LogP contribution is -2.46. The Labute approximate surface area is 117 Å². The van der Waals surface area contributed by atoms with Gasteiger partial charge in [-0.2, -0.15) is 0 Å². The normalized spacial score (nSPS) is 34.9. The molecule has 2 N–H and O–H groups in total. The average Bonchev–Trinajstić information content (AvgIpc) is 2.58. The fraction of sp³-hybridized carbons (Fsp3) is 0.500. The molecule has 2 bridgehead atoms. The van der Waals surface area contributed by atoms with Crippen molar-refractivity contribution in [2.24, 2.45) is 4.99 Å². The molecule has 4 nitrogen and oxygen atoms in total. The topological polar surface area (TPSA) is 72.5 Å². The molecule has 0 amide bonds. The number of hydrogen-bond acceptors (Lipinski definition) is 4. The molecule has 0 spiro atoms. The smallest absolute Gasteiger partial charge is 0.164 e. The van der Waals surface area contributed by atoms with Gasteiger partial charge in [0.2, 0.25) is 0 Å². The Morgan fingerprint density at radius 3 is 2.80 bits per heavy atom. The third kappa shape index (κ3) is 1.63. The molecule has 3 rings (SSSR count). The predicted molar refractivity (Wildman–Crippen MR) is 77.0 cm³/mol. The lowest BCUT2D eigenvalue weighted by molar-refractivity contribution is 0.424. The first-order chi connectivity index (χ1) is 9.26. The summed E-state index contributed by atoms with van der Waals surface area (Å²) in [6.45, 7) is 3.41. The van der Waals surface area contributed by atoms with Crippen LogP contribution in [0.3, 0.4) is 0 Å². The number of nitrogens with two attached hydrogens (primary N) is 1. The zero-order valence-corrected chi connectivity index (χ0v) is 12.2. The number of halogens is 1. The van der Waals surface area contributed by atoms with Gasteiger partial charge in [-0.15, -0.1) is 0 Å². The Morgan fingerprint density at radius 1 is 1.40 bits per heavy atom. The summed E-state index contributed by atoms with van der Waals surface area (Å²) in [6.07, 6.45) is 1.08. The quantitative estimate of drug-likeness (QED) is 0.806. The summed E-state index contributed by atoms with van der Waals surface area (Å²) >= 11 is 0. The van der Waals surface area contributed by atoms with Crippen molar-refractivity contribution in [3.63, 3.8) is 0 Å². The van der Waals surface area contributed by atoms with Crippen LogP contribution in [0.15, 0.2) is 23.2 Å². The van der Waals surface area contributed by atoms with Crippen molar-refractivity contribution >= 4 is 21.2 Å². The van der Waals surface area contributed by atoms with E-state index in [9.17, 15) is 12.8 Å². The number of rotatable bonds is 1. The molecule has 1 aromatic rings. The third-order valence-corrected chi connectivity index (χ3v) is 7.38. The standard InChI is InChI=1S/C14H17FN2O2S/c1-8-12-5-6-13(20(12,18)19)14(2,17-8)10-7-9(16)3-4-11(10)15/h3-4,7,12-13H,5-6,16H2,1-2H3/t12?,13?,14-/m1/s1. The lowest BCUT2D eigenvalue weighted by atomic mass is 9.86. The Hall–Kier alpha value is -1.43. The SMILES string of the molecule is CC1=N[C@](C)(c2cc(N)ccc2F)C2CCC1S2(=O)=O. The van der Waals surface area contributed by atoms with E-state index in [4.69, 9.17) is 5.73 Å². The van der Waals surface area contributed by atoms with Crippen LogP contribution in [0.1, 0.15) is 32.3 Å². The molecule has 0 radical (unpaired) electrons. The Balaban J connectivity index is 2.26. The molecule has 0 aromatic heterocycles. The largest absolute Gasteiger partial charge is 0.399 e. The molecule has 108 valence electrons. The molecule has 20 heavy (non-hydrogen) atoms. The number of aliphatic imine (C=N–C) groups is 1. The molecule has 6 heteroatoms. The van der Waals surface area contributed by atoms with E-state index in [1.54, 1.807) is 13.8 Å². The van der Waals surface area contributed by atoms with Crippen LogP contribution in [0.4, 0.5) is 10.1 Å². The van der Waals surface area contributed by atoms with Crippen molar-refractivity contribution in [2.75, 3.05) is 5.73 Å². The maximum Gasteiger partial charge on any atom is 0.164 e. The van der Waals surface area contributed by atoms with Crippen LogP contribution in [-0.4, -0.2) is 24.6 Å². The van der Waals surface area contributed by atoms with Gasteiger partial charge in [-0.1, -0.05) is 0 Å². The van der Waals surface area contributed by atoms with Crippen molar-refractivity contribution in [2.45, 2.75) is 42.7 Å². The van der Waals surface area contributed by atoms with Crippen LogP contribution in [-0.2, 0) is 15.4 Å². The van der Waals surface area contributed by atoms with E-state index in [0.29, 0.717) is 24.2 Å². The van der Waals surface area contributed by atoms with E-state index in [1.165, 1.54) is 18.2 Å². The fourth-order valence-electron chi connectivity index (χ4n) is 3.55. The summed E-state index contributed by atoms with van der Waals surface area (Å²) in [5.41, 5.74) is 5.89. The Kier molecular flexibility index (Phi) is 2.73. The molecule has 1 aromatic carbocycles. The molecule has 1 fully saturated rings. The summed E-state index contributed by atoms with van der Waals surface area (Å²) < 4.78 is 39.3. The Bertz CT molecular complexity index is 714.